The normalized spacial score (nSPS) is 22.2. The van der Waals surface area contributed by atoms with Gasteiger partial charge in [-0.15, -0.1) is 0 Å². The van der Waals surface area contributed by atoms with Crippen molar-refractivity contribution in [3.05, 3.63) is 23.9 Å². The predicted octanol–water partition coefficient (Wildman–Crippen LogP) is 2.14. The first-order chi connectivity index (χ1) is 10.2. The van der Waals surface area contributed by atoms with Crippen molar-refractivity contribution in [1.29, 1.82) is 0 Å². The van der Waals surface area contributed by atoms with Crippen molar-refractivity contribution in [1.82, 2.24) is 9.88 Å². The molecular formula is C16H25N3O2. The van der Waals surface area contributed by atoms with Crippen LogP contribution in [0.2, 0.25) is 0 Å². The van der Waals surface area contributed by atoms with Crippen molar-refractivity contribution in [2.24, 2.45) is 11.8 Å². The van der Waals surface area contributed by atoms with E-state index in [1.165, 1.54) is 12.7 Å². The van der Waals surface area contributed by atoms with Crippen molar-refractivity contribution in [3.63, 3.8) is 0 Å². The van der Waals surface area contributed by atoms with Gasteiger partial charge in [-0.1, -0.05) is 19.9 Å². The number of aromatic nitrogens is 1. The van der Waals surface area contributed by atoms with Gasteiger partial charge in [0.15, 0.2) is 0 Å². The van der Waals surface area contributed by atoms with Crippen molar-refractivity contribution >= 4 is 11.8 Å². The highest BCUT2D eigenvalue weighted by atomic mass is 16.5. The number of esters is 1. The lowest BCUT2D eigenvalue weighted by atomic mass is 9.99. The number of anilines is 1. The Balaban J connectivity index is 2.01. The van der Waals surface area contributed by atoms with E-state index in [4.69, 9.17) is 4.74 Å². The van der Waals surface area contributed by atoms with Gasteiger partial charge in [0.1, 0.15) is 5.82 Å². The summed E-state index contributed by atoms with van der Waals surface area (Å²) >= 11 is 0. The largest absolute Gasteiger partial charge is 0.469 e. The Morgan fingerprint density at radius 3 is 3.05 bits per heavy atom. The number of nitrogens with zero attached hydrogens (tertiary/aromatic N) is 2. The Kier molecular flexibility index (Phi) is 5.56. The SMILES string of the molecule is CCCNc1ncccc1CN1CC(C)C(C(=O)OC)C1. The molecule has 0 aliphatic carbocycles. The Morgan fingerprint density at radius 1 is 1.52 bits per heavy atom. The molecule has 1 fully saturated rings. The van der Waals surface area contributed by atoms with Crippen LogP contribution in [0.15, 0.2) is 18.3 Å². The van der Waals surface area contributed by atoms with Gasteiger partial charge >= 0.3 is 5.97 Å². The molecule has 1 aromatic heterocycles. The Morgan fingerprint density at radius 2 is 2.33 bits per heavy atom. The maximum atomic E-state index is 11.8. The summed E-state index contributed by atoms with van der Waals surface area (Å²) in [6, 6.07) is 4.06. The smallest absolute Gasteiger partial charge is 0.310 e. The highest BCUT2D eigenvalue weighted by Gasteiger charge is 2.35. The van der Waals surface area contributed by atoms with Gasteiger partial charge in [-0.3, -0.25) is 9.69 Å². The zero-order chi connectivity index (χ0) is 15.2. The van der Waals surface area contributed by atoms with E-state index in [0.717, 1.165) is 38.4 Å². The number of methoxy groups -OCH3 is 1. The molecule has 0 bridgehead atoms. The number of carbonyl (C=O) groups excluding carboxylic acids is 1. The standard InChI is InChI=1S/C16H25N3O2/c1-4-7-17-15-13(6-5-8-18-15)10-19-9-12(2)14(11-19)16(20)21-3/h5-6,8,12,14H,4,7,9-11H2,1-3H3,(H,17,18). The highest BCUT2D eigenvalue weighted by Crippen LogP contribution is 2.26. The van der Waals surface area contributed by atoms with Gasteiger partial charge in [0.25, 0.3) is 0 Å². The monoisotopic (exact) mass is 291 g/mol. The number of hydrogen-bond acceptors (Lipinski definition) is 5. The molecule has 0 radical (unpaired) electrons. The van der Waals surface area contributed by atoms with Crippen LogP contribution in [0.3, 0.4) is 0 Å². The number of likely N-dealkylation sites (tertiary alicyclic amines) is 1. The molecule has 1 aliphatic rings. The van der Waals surface area contributed by atoms with Crippen LogP contribution < -0.4 is 5.32 Å². The maximum Gasteiger partial charge on any atom is 0.310 e. The number of carbonyl (C=O) groups is 1. The van der Waals surface area contributed by atoms with Crippen molar-refractivity contribution in [2.45, 2.75) is 26.8 Å². The topological polar surface area (TPSA) is 54.5 Å². The van der Waals surface area contributed by atoms with E-state index in [9.17, 15) is 4.79 Å². The molecular weight excluding hydrogens is 266 g/mol. The third-order valence-electron chi connectivity index (χ3n) is 4.02. The molecule has 116 valence electrons. The summed E-state index contributed by atoms with van der Waals surface area (Å²) in [6.07, 6.45) is 2.88. The molecule has 2 atom stereocenters. The van der Waals surface area contributed by atoms with E-state index in [-0.39, 0.29) is 11.9 Å². The first-order valence-electron chi connectivity index (χ1n) is 7.63. The van der Waals surface area contributed by atoms with Gasteiger partial charge in [0, 0.05) is 37.9 Å². The van der Waals surface area contributed by atoms with Crippen molar-refractivity contribution in [3.8, 4) is 0 Å². The number of ether oxygens (including phenoxy) is 1. The molecule has 1 N–H and O–H groups in total. The minimum absolute atomic E-state index is 0.0151. The minimum atomic E-state index is -0.0967. The lowest BCUT2D eigenvalue weighted by molar-refractivity contribution is -0.146. The molecule has 0 amide bonds. The van der Waals surface area contributed by atoms with Crippen LogP contribution in [-0.4, -0.2) is 42.6 Å². The summed E-state index contributed by atoms with van der Waals surface area (Å²) in [5.74, 6) is 1.17. The molecule has 2 unspecified atom stereocenters. The van der Waals surface area contributed by atoms with E-state index < -0.39 is 0 Å². The fourth-order valence-corrected chi connectivity index (χ4v) is 2.86. The summed E-state index contributed by atoms with van der Waals surface area (Å²) in [6.45, 7) is 7.67. The number of nitrogens with one attached hydrogen (secondary N) is 1. The van der Waals surface area contributed by atoms with E-state index in [1.807, 2.05) is 12.3 Å². The van der Waals surface area contributed by atoms with Gasteiger partial charge in [0.2, 0.25) is 0 Å². The second-order valence-corrected chi connectivity index (χ2v) is 5.74. The van der Waals surface area contributed by atoms with Crippen molar-refractivity contribution < 1.29 is 9.53 Å². The molecule has 0 spiro atoms. The maximum absolute atomic E-state index is 11.8. The van der Waals surface area contributed by atoms with Crippen molar-refractivity contribution in [2.75, 3.05) is 32.1 Å². The van der Waals surface area contributed by atoms with Crippen LogP contribution in [0, 0.1) is 11.8 Å². The molecule has 1 aromatic rings. The van der Waals surface area contributed by atoms with E-state index in [0.29, 0.717) is 5.92 Å². The minimum Gasteiger partial charge on any atom is -0.469 e. The number of rotatable bonds is 6. The van der Waals surface area contributed by atoms with Gasteiger partial charge in [-0.25, -0.2) is 4.98 Å². The second-order valence-electron chi connectivity index (χ2n) is 5.74. The second kappa shape index (κ2) is 7.41. The summed E-state index contributed by atoms with van der Waals surface area (Å²) in [4.78, 5) is 18.5. The molecule has 1 saturated heterocycles. The van der Waals surface area contributed by atoms with Crippen LogP contribution in [0.25, 0.3) is 0 Å². The number of pyridine rings is 1. The summed E-state index contributed by atoms with van der Waals surface area (Å²) in [5, 5.41) is 3.36. The molecule has 2 heterocycles. The average molecular weight is 291 g/mol. The fourth-order valence-electron chi connectivity index (χ4n) is 2.86. The lowest BCUT2D eigenvalue weighted by Gasteiger charge is -2.18. The van der Waals surface area contributed by atoms with E-state index in [1.54, 1.807) is 0 Å². The van der Waals surface area contributed by atoms with E-state index >= 15 is 0 Å². The molecule has 1 aliphatic heterocycles. The zero-order valence-corrected chi connectivity index (χ0v) is 13.1. The first kappa shape index (κ1) is 15.8. The molecule has 5 heteroatoms. The summed E-state index contributed by atoms with van der Waals surface area (Å²) < 4.78 is 4.89. The van der Waals surface area contributed by atoms with Crippen LogP contribution in [-0.2, 0) is 16.1 Å². The third kappa shape index (κ3) is 3.94. The summed E-state index contributed by atoms with van der Waals surface area (Å²) in [7, 11) is 1.46. The van der Waals surface area contributed by atoms with Gasteiger partial charge in [-0.2, -0.15) is 0 Å². The van der Waals surface area contributed by atoms with Gasteiger partial charge in [-0.05, 0) is 18.4 Å². The Bertz CT molecular complexity index is 478. The van der Waals surface area contributed by atoms with Crippen LogP contribution in [0.5, 0.6) is 0 Å². The van der Waals surface area contributed by atoms with Crippen LogP contribution in [0.4, 0.5) is 5.82 Å². The molecule has 2 rings (SSSR count). The zero-order valence-electron chi connectivity index (χ0n) is 13.1. The molecule has 0 aromatic carbocycles. The third-order valence-corrected chi connectivity index (χ3v) is 4.02. The Hall–Kier alpha value is -1.62. The highest BCUT2D eigenvalue weighted by molar-refractivity contribution is 5.73. The predicted molar refractivity (Wildman–Crippen MR) is 83.0 cm³/mol. The van der Waals surface area contributed by atoms with Gasteiger partial charge < -0.3 is 10.1 Å². The summed E-state index contributed by atoms with van der Waals surface area (Å²) in [5.41, 5.74) is 1.18. The number of hydrogen-bond donors (Lipinski definition) is 1. The van der Waals surface area contributed by atoms with Crippen LogP contribution in [0.1, 0.15) is 25.8 Å². The van der Waals surface area contributed by atoms with E-state index in [2.05, 4.69) is 35.1 Å². The molecule has 5 nitrogen and oxygen atoms in total. The average Bonchev–Trinajstić information content (AvgIpc) is 2.86. The first-order valence-corrected chi connectivity index (χ1v) is 7.63. The quantitative estimate of drug-likeness (QED) is 0.814. The lowest BCUT2D eigenvalue weighted by Crippen LogP contribution is -2.24. The Labute approximate surface area is 126 Å². The fraction of sp³-hybridized carbons (Fsp3) is 0.625. The van der Waals surface area contributed by atoms with Gasteiger partial charge in [0.05, 0.1) is 13.0 Å². The van der Waals surface area contributed by atoms with Crippen LogP contribution >= 0.6 is 0 Å². The molecule has 21 heavy (non-hydrogen) atoms. The molecule has 0 saturated carbocycles.